The summed E-state index contributed by atoms with van der Waals surface area (Å²) in [7, 11) is 4.03. The summed E-state index contributed by atoms with van der Waals surface area (Å²) in [4.78, 5) is 14.2. The van der Waals surface area contributed by atoms with Crippen molar-refractivity contribution in [3.63, 3.8) is 0 Å². The lowest BCUT2D eigenvalue weighted by molar-refractivity contribution is -0.128. The van der Waals surface area contributed by atoms with Crippen molar-refractivity contribution in [1.29, 1.82) is 0 Å². The van der Waals surface area contributed by atoms with Crippen LogP contribution in [0, 0.1) is 11.8 Å². The normalized spacial score (nSPS) is 31.3. The van der Waals surface area contributed by atoms with Gasteiger partial charge in [-0.05, 0) is 39.8 Å². The molecule has 4 heteroatoms. The molecule has 0 spiro atoms. The monoisotopic (exact) mass is 241 g/mol. The second kappa shape index (κ2) is 6.36. The molecule has 0 aliphatic heterocycles. The number of likely N-dealkylation sites (N-methyl/N-ethyl adjacent to an activating group) is 1. The number of carbonyl (C=O) groups excluding carboxylic acids is 1. The summed E-state index contributed by atoms with van der Waals surface area (Å²) < 4.78 is 0. The predicted molar refractivity (Wildman–Crippen MR) is 70.6 cm³/mol. The van der Waals surface area contributed by atoms with Crippen LogP contribution in [-0.4, -0.2) is 43.5 Å². The SMILES string of the molecule is CC(CN(C)C)NC(=O)C1CCCC(N)C1C. The number of amides is 1. The molecule has 3 N–H and O–H groups in total. The van der Waals surface area contributed by atoms with Crippen molar-refractivity contribution in [2.24, 2.45) is 17.6 Å². The molecule has 0 heterocycles. The van der Waals surface area contributed by atoms with Crippen LogP contribution in [-0.2, 0) is 4.79 Å². The molecule has 0 saturated heterocycles. The van der Waals surface area contributed by atoms with Crippen LogP contribution in [0.15, 0.2) is 0 Å². The molecular formula is C13H27N3O. The Bertz CT molecular complexity index is 255. The van der Waals surface area contributed by atoms with Gasteiger partial charge in [-0.2, -0.15) is 0 Å². The van der Waals surface area contributed by atoms with Crippen LogP contribution in [0.2, 0.25) is 0 Å². The highest BCUT2D eigenvalue weighted by Crippen LogP contribution is 2.29. The van der Waals surface area contributed by atoms with Gasteiger partial charge in [0.1, 0.15) is 0 Å². The van der Waals surface area contributed by atoms with Gasteiger partial charge in [0.05, 0.1) is 0 Å². The second-order valence-electron chi connectivity index (χ2n) is 5.73. The average molecular weight is 241 g/mol. The van der Waals surface area contributed by atoms with E-state index in [0.717, 1.165) is 25.8 Å². The van der Waals surface area contributed by atoms with E-state index in [9.17, 15) is 4.79 Å². The van der Waals surface area contributed by atoms with E-state index in [0.29, 0.717) is 5.92 Å². The molecule has 0 aromatic heterocycles. The molecule has 0 radical (unpaired) electrons. The van der Waals surface area contributed by atoms with Crippen molar-refractivity contribution in [1.82, 2.24) is 10.2 Å². The van der Waals surface area contributed by atoms with Gasteiger partial charge in [0.15, 0.2) is 0 Å². The molecule has 1 rings (SSSR count). The van der Waals surface area contributed by atoms with E-state index >= 15 is 0 Å². The minimum atomic E-state index is 0.100. The van der Waals surface area contributed by atoms with Gasteiger partial charge in [0.25, 0.3) is 0 Å². The van der Waals surface area contributed by atoms with Crippen LogP contribution in [0.3, 0.4) is 0 Å². The first-order chi connectivity index (χ1) is 7.91. The standard InChI is InChI=1S/C13H27N3O/c1-9(8-16(3)4)15-13(17)11-6-5-7-12(14)10(11)2/h9-12H,5-8,14H2,1-4H3,(H,15,17). The van der Waals surface area contributed by atoms with E-state index in [1.807, 2.05) is 21.0 Å². The van der Waals surface area contributed by atoms with E-state index in [-0.39, 0.29) is 23.9 Å². The Morgan fingerprint density at radius 3 is 2.71 bits per heavy atom. The number of carbonyl (C=O) groups is 1. The zero-order chi connectivity index (χ0) is 13.0. The van der Waals surface area contributed by atoms with E-state index in [1.54, 1.807) is 0 Å². The Kier molecular flexibility index (Phi) is 5.40. The van der Waals surface area contributed by atoms with Crippen LogP contribution in [0.4, 0.5) is 0 Å². The number of nitrogens with two attached hydrogens (primary N) is 1. The number of rotatable bonds is 4. The summed E-state index contributed by atoms with van der Waals surface area (Å²) in [6, 6.07) is 0.381. The molecule has 1 amide bonds. The first-order valence-corrected chi connectivity index (χ1v) is 6.62. The zero-order valence-electron chi connectivity index (χ0n) is 11.6. The molecule has 4 atom stereocenters. The van der Waals surface area contributed by atoms with Gasteiger partial charge in [-0.1, -0.05) is 13.3 Å². The number of hydrogen-bond donors (Lipinski definition) is 2. The van der Waals surface area contributed by atoms with Gasteiger partial charge in [-0.15, -0.1) is 0 Å². The molecule has 1 fully saturated rings. The minimum absolute atomic E-state index is 0.100. The highest BCUT2D eigenvalue weighted by atomic mass is 16.2. The highest BCUT2D eigenvalue weighted by Gasteiger charge is 2.32. The lowest BCUT2D eigenvalue weighted by Crippen LogP contribution is -2.48. The molecule has 17 heavy (non-hydrogen) atoms. The van der Waals surface area contributed by atoms with Gasteiger partial charge in [-0.3, -0.25) is 4.79 Å². The van der Waals surface area contributed by atoms with E-state index in [4.69, 9.17) is 5.73 Å². The fraction of sp³-hybridized carbons (Fsp3) is 0.923. The molecule has 1 aliphatic carbocycles. The van der Waals surface area contributed by atoms with Crippen molar-refractivity contribution >= 4 is 5.91 Å². The zero-order valence-corrected chi connectivity index (χ0v) is 11.6. The summed E-state index contributed by atoms with van der Waals surface area (Å²) in [6.07, 6.45) is 3.11. The van der Waals surface area contributed by atoms with E-state index in [1.165, 1.54) is 0 Å². The highest BCUT2D eigenvalue weighted by molar-refractivity contribution is 5.79. The van der Waals surface area contributed by atoms with Crippen molar-refractivity contribution < 1.29 is 4.79 Å². The summed E-state index contributed by atoms with van der Waals surface area (Å²) in [5, 5.41) is 3.10. The van der Waals surface area contributed by atoms with Crippen molar-refractivity contribution in [2.75, 3.05) is 20.6 Å². The lowest BCUT2D eigenvalue weighted by Gasteiger charge is -2.33. The Labute approximate surface area is 105 Å². The number of hydrogen-bond acceptors (Lipinski definition) is 3. The quantitative estimate of drug-likeness (QED) is 0.766. The molecule has 4 nitrogen and oxygen atoms in total. The van der Waals surface area contributed by atoms with Gasteiger partial charge < -0.3 is 16.0 Å². The van der Waals surface area contributed by atoms with Crippen molar-refractivity contribution in [2.45, 2.75) is 45.2 Å². The first-order valence-electron chi connectivity index (χ1n) is 6.62. The molecule has 0 aromatic rings. The Hall–Kier alpha value is -0.610. The van der Waals surface area contributed by atoms with Gasteiger partial charge in [0, 0.05) is 24.5 Å². The largest absolute Gasteiger partial charge is 0.352 e. The lowest BCUT2D eigenvalue weighted by atomic mass is 9.77. The fourth-order valence-electron chi connectivity index (χ4n) is 2.71. The second-order valence-corrected chi connectivity index (χ2v) is 5.73. The van der Waals surface area contributed by atoms with E-state index < -0.39 is 0 Å². The average Bonchev–Trinajstić information content (AvgIpc) is 2.20. The maximum atomic E-state index is 12.2. The van der Waals surface area contributed by atoms with Gasteiger partial charge in [-0.25, -0.2) is 0 Å². The Morgan fingerprint density at radius 1 is 1.47 bits per heavy atom. The molecule has 100 valence electrons. The topological polar surface area (TPSA) is 58.4 Å². The summed E-state index contributed by atoms with van der Waals surface area (Å²) in [5.41, 5.74) is 6.03. The first kappa shape index (κ1) is 14.5. The van der Waals surface area contributed by atoms with Gasteiger partial charge in [0.2, 0.25) is 5.91 Å². The molecule has 0 aromatic carbocycles. The van der Waals surface area contributed by atoms with Crippen molar-refractivity contribution in [3.8, 4) is 0 Å². The van der Waals surface area contributed by atoms with E-state index in [2.05, 4.69) is 17.1 Å². The Morgan fingerprint density at radius 2 is 2.12 bits per heavy atom. The summed E-state index contributed by atoms with van der Waals surface area (Å²) in [6.45, 7) is 5.02. The van der Waals surface area contributed by atoms with Crippen molar-refractivity contribution in [3.05, 3.63) is 0 Å². The summed E-state index contributed by atoms with van der Waals surface area (Å²) in [5.74, 6) is 0.584. The third kappa shape index (κ3) is 4.28. The number of nitrogens with zero attached hydrogens (tertiary/aromatic N) is 1. The third-order valence-electron chi connectivity index (χ3n) is 3.73. The third-order valence-corrected chi connectivity index (χ3v) is 3.73. The maximum Gasteiger partial charge on any atom is 0.223 e. The predicted octanol–water partition coefficient (Wildman–Crippen LogP) is 0.816. The van der Waals surface area contributed by atoms with Crippen LogP contribution < -0.4 is 11.1 Å². The van der Waals surface area contributed by atoms with Crippen LogP contribution >= 0.6 is 0 Å². The molecule has 4 unspecified atom stereocenters. The summed E-state index contributed by atoms with van der Waals surface area (Å²) >= 11 is 0. The van der Waals surface area contributed by atoms with Crippen LogP contribution in [0.1, 0.15) is 33.1 Å². The Balaban J connectivity index is 2.46. The van der Waals surface area contributed by atoms with Gasteiger partial charge >= 0.3 is 0 Å². The number of nitrogens with one attached hydrogen (secondary N) is 1. The molecular weight excluding hydrogens is 214 g/mol. The smallest absolute Gasteiger partial charge is 0.223 e. The fourth-order valence-corrected chi connectivity index (χ4v) is 2.71. The maximum absolute atomic E-state index is 12.2. The molecule has 1 aliphatic rings. The molecule has 0 bridgehead atoms. The minimum Gasteiger partial charge on any atom is -0.352 e. The van der Waals surface area contributed by atoms with Crippen LogP contribution in [0.5, 0.6) is 0 Å². The molecule has 1 saturated carbocycles. The van der Waals surface area contributed by atoms with Crippen LogP contribution in [0.25, 0.3) is 0 Å².